The molecule has 0 aliphatic carbocycles. The molecule has 0 spiro atoms. The second kappa shape index (κ2) is 7.42. The summed E-state index contributed by atoms with van der Waals surface area (Å²) in [6, 6.07) is 8.46. The Morgan fingerprint density at radius 1 is 1.22 bits per heavy atom. The van der Waals surface area contributed by atoms with E-state index in [4.69, 9.17) is 4.74 Å². The molecule has 1 aromatic rings. The van der Waals surface area contributed by atoms with Crippen LogP contribution >= 0.6 is 0 Å². The number of ether oxygens (including phenoxy) is 1. The SMILES string of the molecule is CCCCCCNCC1CCOc2ccccc21. The Kier molecular flexibility index (Phi) is 5.53. The number of rotatable bonds is 7. The van der Waals surface area contributed by atoms with Crippen molar-refractivity contribution in [3.8, 4) is 5.75 Å². The highest BCUT2D eigenvalue weighted by Crippen LogP contribution is 2.32. The molecule has 0 bridgehead atoms. The minimum atomic E-state index is 0.626. The van der Waals surface area contributed by atoms with Gasteiger partial charge in [-0.2, -0.15) is 0 Å². The third kappa shape index (κ3) is 3.74. The summed E-state index contributed by atoms with van der Waals surface area (Å²) in [4.78, 5) is 0. The first-order valence-electron chi connectivity index (χ1n) is 7.34. The van der Waals surface area contributed by atoms with Gasteiger partial charge in [-0.15, -0.1) is 0 Å². The average molecular weight is 247 g/mol. The molecule has 18 heavy (non-hydrogen) atoms. The zero-order chi connectivity index (χ0) is 12.6. The van der Waals surface area contributed by atoms with E-state index in [9.17, 15) is 0 Å². The van der Waals surface area contributed by atoms with E-state index in [1.807, 2.05) is 0 Å². The van der Waals surface area contributed by atoms with Crippen molar-refractivity contribution in [2.45, 2.75) is 44.9 Å². The molecule has 1 unspecified atom stereocenters. The fourth-order valence-electron chi connectivity index (χ4n) is 2.58. The van der Waals surface area contributed by atoms with Crippen LogP contribution in [0.25, 0.3) is 0 Å². The maximum atomic E-state index is 5.69. The van der Waals surface area contributed by atoms with Crippen molar-refractivity contribution in [1.82, 2.24) is 5.32 Å². The lowest BCUT2D eigenvalue weighted by Crippen LogP contribution is -2.26. The first-order chi connectivity index (χ1) is 8.92. The fourth-order valence-corrected chi connectivity index (χ4v) is 2.58. The Hall–Kier alpha value is -1.02. The predicted octanol–water partition coefficient (Wildman–Crippen LogP) is 3.72. The molecule has 1 aliphatic rings. The molecule has 0 amide bonds. The Morgan fingerprint density at radius 3 is 3.00 bits per heavy atom. The molecule has 0 saturated carbocycles. The molecule has 2 rings (SSSR count). The molecule has 2 heteroatoms. The predicted molar refractivity (Wildman–Crippen MR) is 76.3 cm³/mol. The summed E-state index contributed by atoms with van der Waals surface area (Å²) in [5.74, 6) is 1.71. The van der Waals surface area contributed by atoms with E-state index >= 15 is 0 Å². The smallest absolute Gasteiger partial charge is 0.122 e. The van der Waals surface area contributed by atoms with Crippen LogP contribution in [0.3, 0.4) is 0 Å². The first kappa shape index (κ1) is 13.4. The first-order valence-corrected chi connectivity index (χ1v) is 7.34. The summed E-state index contributed by atoms with van der Waals surface area (Å²) in [6.07, 6.45) is 6.47. The zero-order valence-electron chi connectivity index (χ0n) is 11.5. The van der Waals surface area contributed by atoms with Gasteiger partial charge in [0.05, 0.1) is 6.61 Å². The van der Waals surface area contributed by atoms with Crippen molar-refractivity contribution in [1.29, 1.82) is 0 Å². The van der Waals surface area contributed by atoms with Gasteiger partial charge in [0.1, 0.15) is 5.75 Å². The van der Waals surface area contributed by atoms with Crippen LogP contribution in [0.15, 0.2) is 24.3 Å². The summed E-state index contributed by atoms with van der Waals surface area (Å²) in [7, 11) is 0. The van der Waals surface area contributed by atoms with Gasteiger partial charge in [-0.3, -0.25) is 0 Å². The summed E-state index contributed by atoms with van der Waals surface area (Å²) < 4.78 is 5.69. The maximum absolute atomic E-state index is 5.69. The number of hydrogen-bond acceptors (Lipinski definition) is 2. The van der Waals surface area contributed by atoms with E-state index in [1.54, 1.807) is 0 Å². The highest BCUT2D eigenvalue weighted by molar-refractivity contribution is 5.37. The number of unbranched alkanes of at least 4 members (excludes halogenated alkanes) is 3. The lowest BCUT2D eigenvalue weighted by atomic mass is 9.93. The molecule has 0 saturated heterocycles. The van der Waals surface area contributed by atoms with Crippen LogP contribution in [0, 0.1) is 0 Å². The van der Waals surface area contributed by atoms with Crippen LogP contribution in [-0.2, 0) is 0 Å². The Balaban J connectivity index is 1.74. The van der Waals surface area contributed by atoms with E-state index in [0.717, 1.165) is 31.9 Å². The quantitative estimate of drug-likeness (QED) is 0.741. The van der Waals surface area contributed by atoms with E-state index in [2.05, 4.69) is 36.5 Å². The normalized spacial score (nSPS) is 18.2. The van der Waals surface area contributed by atoms with Crippen molar-refractivity contribution >= 4 is 0 Å². The van der Waals surface area contributed by atoms with Gasteiger partial charge in [0.15, 0.2) is 0 Å². The van der Waals surface area contributed by atoms with Gasteiger partial charge >= 0.3 is 0 Å². The van der Waals surface area contributed by atoms with Crippen LogP contribution in [0.1, 0.15) is 50.5 Å². The van der Waals surface area contributed by atoms with Crippen LogP contribution in [0.2, 0.25) is 0 Å². The molecule has 0 fully saturated rings. The summed E-state index contributed by atoms with van der Waals surface area (Å²) in [5, 5.41) is 3.60. The second-order valence-electron chi connectivity index (χ2n) is 5.14. The molecule has 1 N–H and O–H groups in total. The maximum Gasteiger partial charge on any atom is 0.122 e. The minimum Gasteiger partial charge on any atom is -0.493 e. The Morgan fingerprint density at radius 2 is 2.11 bits per heavy atom. The number of hydrogen-bond donors (Lipinski definition) is 1. The van der Waals surface area contributed by atoms with Crippen LogP contribution < -0.4 is 10.1 Å². The lowest BCUT2D eigenvalue weighted by molar-refractivity contribution is 0.264. The number of benzene rings is 1. The summed E-state index contributed by atoms with van der Waals surface area (Å²) in [6.45, 7) is 5.36. The van der Waals surface area contributed by atoms with Gasteiger partial charge in [0.2, 0.25) is 0 Å². The monoisotopic (exact) mass is 247 g/mol. The molecule has 1 heterocycles. The van der Waals surface area contributed by atoms with Gasteiger partial charge in [0, 0.05) is 12.5 Å². The van der Waals surface area contributed by atoms with Crippen molar-refractivity contribution in [3.63, 3.8) is 0 Å². The summed E-state index contributed by atoms with van der Waals surface area (Å²) >= 11 is 0. The van der Waals surface area contributed by atoms with Crippen molar-refractivity contribution < 1.29 is 4.74 Å². The van der Waals surface area contributed by atoms with Gasteiger partial charge in [-0.05, 0) is 31.0 Å². The van der Waals surface area contributed by atoms with Gasteiger partial charge in [-0.25, -0.2) is 0 Å². The minimum absolute atomic E-state index is 0.626. The molecule has 1 aliphatic heterocycles. The highest BCUT2D eigenvalue weighted by Gasteiger charge is 2.20. The molecule has 100 valence electrons. The van der Waals surface area contributed by atoms with Crippen LogP contribution in [0.4, 0.5) is 0 Å². The topological polar surface area (TPSA) is 21.3 Å². The zero-order valence-corrected chi connectivity index (χ0v) is 11.5. The lowest BCUT2D eigenvalue weighted by Gasteiger charge is -2.26. The standard InChI is InChI=1S/C16H25NO/c1-2-3-4-7-11-17-13-14-10-12-18-16-9-6-5-8-15(14)16/h5-6,8-9,14,17H,2-4,7,10-13H2,1H3. The van der Waals surface area contributed by atoms with E-state index < -0.39 is 0 Å². The molecular formula is C16H25NO. The third-order valence-electron chi connectivity index (χ3n) is 3.68. The third-order valence-corrected chi connectivity index (χ3v) is 3.68. The van der Waals surface area contributed by atoms with Crippen LogP contribution in [-0.4, -0.2) is 19.7 Å². The fraction of sp³-hybridized carbons (Fsp3) is 0.625. The average Bonchev–Trinajstić information content (AvgIpc) is 2.43. The van der Waals surface area contributed by atoms with Crippen molar-refractivity contribution in [3.05, 3.63) is 29.8 Å². The molecular weight excluding hydrogens is 222 g/mol. The van der Waals surface area contributed by atoms with Gasteiger partial charge < -0.3 is 10.1 Å². The largest absolute Gasteiger partial charge is 0.493 e. The van der Waals surface area contributed by atoms with Gasteiger partial charge in [-0.1, -0.05) is 44.4 Å². The molecule has 0 radical (unpaired) electrons. The molecule has 2 nitrogen and oxygen atoms in total. The summed E-state index contributed by atoms with van der Waals surface area (Å²) in [5.41, 5.74) is 1.38. The number of nitrogens with one attached hydrogen (secondary N) is 1. The van der Waals surface area contributed by atoms with Crippen molar-refractivity contribution in [2.24, 2.45) is 0 Å². The van der Waals surface area contributed by atoms with Gasteiger partial charge in [0.25, 0.3) is 0 Å². The highest BCUT2D eigenvalue weighted by atomic mass is 16.5. The Bertz CT molecular complexity index is 351. The molecule has 0 aromatic heterocycles. The van der Waals surface area contributed by atoms with Crippen LogP contribution in [0.5, 0.6) is 5.75 Å². The van der Waals surface area contributed by atoms with E-state index in [-0.39, 0.29) is 0 Å². The number of para-hydroxylation sites is 1. The Labute approximate surface area is 111 Å². The molecule has 1 aromatic carbocycles. The second-order valence-corrected chi connectivity index (χ2v) is 5.14. The van der Waals surface area contributed by atoms with E-state index in [0.29, 0.717) is 5.92 Å². The van der Waals surface area contributed by atoms with E-state index in [1.165, 1.54) is 31.2 Å². The van der Waals surface area contributed by atoms with Crippen molar-refractivity contribution in [2.75, 3.05) is 19.7 Å². The number of fused-ring (bicyclic) bond motifs is 1. The molecule has 1 atom stereocenters.